The second-order valence-electron chi connectivity index (χ2n) is 7.77. The predicted molar refractivity (Wildman–Crippen MR) is 115 cm³/mol. The van der Waals surface area contributed by atoms with Gasteiger partial charge in [0.25, 0.3) is 0 Å². The van der Waals surface area contributed by atoms with Crippen LogP contribution in [0, 0.1) is 0 Å². The maximum Gasteiger partial charge on any atom is 0.191 e. The van der Waals surface area contributed by atoms with Crippen molar-refractivity contribution in [2.45, 2.75) is 19.0 Å². The average molecular weight is 407 g/mol. The molecule has 0 amide bonds. The molecule has 2 N–H and O–H groups in total. The van der Waals surface area contributed by atoms with Crippen LogP contribution >= 0.6 is 11.3 Å². The van der Waals surface area contributed by atoms with Crippen molar-refractivity contribution in [3.63, 3.8) is 0 Å². The minimum Gasteiger partial charge on any atom is -0.379 e. The Kier molecular flexibility index (Phi) is 7.20. The second-order valence-corrected chi connectivity index (χ2v) is 8.75. The fourth-order valence-electron chi connectivity index (χ4n) is 4.41. The Balaban J connectivity index is 1.37. The summed E-state index contributed by atoms with van der Waals surface area (Å²) in [7, 11) is 0. The average Bonchev–Trinajstić information content (AvgIpc) is 3.28. The second kappa shape index (κ2) is 10.0. The molecule has 2 bridgehead atoms. The number of nitrogens with zero attached hydrogens (tertiary/aromatic N) is 4. The molecule has 5 heterocycles. The number of hydrogen-bond donors (Lipinski definition) is 2. The standard InChI is InChI=1S/C20H34N6OS/c1-2-21-20(22-14-17-16-24-5-7-25(17)8-6-24)23-15-18(19-4-3-13-28-19)26-9-11-27-12-10-26/h3-4,13,17-18H,2,5-12,14-16H2,1H3,(H2,21,22,23). The first kappa shape index (κ1) is 20.1. The van der Waals surface area contributed by atoms with Gasteiger partial charge in [0.2, 0.25) is 0 Å². The molecular weight excluding hydrogens is 372 g/mol. The molecule has 0 aromatic carbocycles. The predicted octanol–water partition coefficient (Wildman–Crippen LogP) is 0.676. The van der Waals surface area contributed by atoms with Crippen molar-refractivity contribution >= 4 is 17.3 Å². The summed E-state index contributed by atoms with van der Waals surface area (Å²) in [6, 6.07) is 5.31. The van der Waals surface area contributed by atoms with Crippen molar-refractivity contribution in [3.05, 3.63) is 22.4 Å². The fourth-order valence-corrected chi connectivity index (χ4v) is 5.26. The largest absolute Gasteiger partial charge is 0.379 e. The topological polar surface area (TPSA) is 55.4 Å². The Hall–Kier alpha value is -1.19. The van der Waals surface area contributed by atoms with Crippen molar-refractivity contribution in [2.75, 3.05) is 78.7 Å². The van der Waals surface area contributed by atoms with E-state index in [-0.39, 0.29) is 0 Å². The molecule has 1 aromatic rings. The van der Waals surface area contributed by atoms with Crippen LogP contribution in [0.1, 0.15) is 17.8 Å². The van der Waals surface area contributed by atoms with E-state index < -0.39 is 0 Å². The summed E-state index contributed by atoms with van der Waals surface area (Å²) in [5, 5.41) is 9.21. The summed E-state index contributed by atoms with van der Waals surface area (Å²) in [6.45, 7) is 14.4. The number of rotatable bonds is 7. The summed E-state index contributed by atoms with van der Waals surface area (Å²) in [4.78, 5) is 14.1. The van der Waals surface area contributed by atoms with Gasteiger partial charge < -0.3 is 15.4 Å². The first-order valence-electron chi connectivity index (χ1n) is 10.7. The summed E-state index contributed by atoms with van der Waals surface area (Å²) in [6.07, 6.45) is 0. The molecule has 0 aliphatic carbocycles. The van der Waals surface area contributed by atoms with E-state index in [1.807, 2.05) is 11.3 Å². The number of hydrogen-bond acceptors (Lipinski definition) is 6. The lowest BCUT2D eigenvalue weighted by Gasteiger charge is -2.47. The fraction of sp³-hybridized carbons (Fsp3) is 0.750. The van der Waals surface area contributed by atoms with Crippen molar-refractivity contribution in [1.29, 1.82) is 0 Å². The first-order chi connectivity index (χ1) is 13.8. The zero-order valence-electron chi connectivity index (χ0n) is 17.0. The molecular formula is C20H34N6OS. The highest BCUT2D eigenvalue weighted by molar-refractivity contribution is 7.10. The van der Waals surface area contributed by atoms with E-state index >= 15 is 0 Å². The molecule has 7 nitrogen and oxygen atoms in total. The van der Waals surface area contributed by atoms with Crippen LogP contribution in [0.4, 0.5) is 0 Å². The highest BCUT2D eigenvalue weighted by Gasteiger charge is 2.31. The zero-order chi connectivity index (χ0) is 19.2. The summed E-state index contributed by atoms with van der Waals surface area (Å²) >= 11 is 1.83. The van der Waals surface area contributed by atoms with E-state index in [0.29, 0.717) is 12.1 Å². The van der Waals surface area contributed by atoms with Crippen LogP contribution < -0.4 is 10.6 Å². The quantitative estimate of drug-likeness (QED) is 0.513. The van der Waals surface area contributed by atoms with Gasteiger partial charge in [-0.25, -0.2) is 0 Å². The monoisotopic (exact) mass is 406 g/mol. The molecule has 4 fully saturated rings. The van der Waals surface area contributed by atoms with Gasteiger partial charge in [-0.05, 0) is 18.4 Å². The van der Waals surface area contributed by atoms with Gasteiger partial charge in [-0.3, -0.25) is 19.7 Å². The smallest absolute Gasteiger partial charge is 0.191 e. The number of ether oxygens (including phenoxy) is 1. The Labute approximate surface area is 172 Å². The zero-order valence-corrected chi connectivity index (χ0v) is 17.8. The van der Waals surface area contributed by atoms with E-state index in [9.17, 15) is 0 Å². The van der Waals surface area contributed by atoms with Crippen LogP contribution in [0.15, 0.2) is 22.5 Å². The number of fused-ring (bicyclic) bond motifs is 3. The molecule has 4 aliphatic heterocycles. The molecule has 0 spiro atoms. The minimum absolute atomic E-state index is 0.333. The third kappa shape index (κ3) is 5.04. The van der Waals surface area contributed by atoms with E-state index in [0.717, 1.165) is 51.9 Å². The highest BCUT2D eigenvalue weighted by atomic mass is 32.1. The number of thiophene rings is 1. The molecule has 2 atom stereocenters. The molecule has 1 aromatic heterocycles. The van der Waals surface area contributed by atoms with Gasteiger partial charge in [0.05, 0.1) is 25.8 Å². The number of morpholine rings is 1. The summed E-state index contributed by atoms with van der Waals surface area (Å²) in [5.74, 6) is 0.940. The highest BCUT2D eigenvalue weighted by Crippen LogP contribution is 2.26. The normalized spacial score (nSPS) is 29.6. The Morgan fingerprint density at radius 3 is 2.68 bits per heavy atom. The number of aliphatic imine (C=N–C) groups is 1. The van der Waals surface area contributed by atoms with Crippen LogP contribution in [0.5, 0.6) is 0 Å². The van der Waals surface area contributed by atoms with Gasteiger partial charge in [0.1, 0.15) is 0 Å². The molecule has 156 valence electrons. The molecule has 0 saturated carbocycles. The van der Waals surface area contributed by atoms with Gasteiger partial charge in [0, 0.05) is 69.8 Å². The molecule has 5 rings (SSSR count). The Morgan fingerprint density at radius 2 is 2.04 bits per heavy atom. The molecule has 4 saturated heterocycles. The van der Waals surface area contributed by atoms with Crippen LogP contribution in [0.25, 0.3) is 0 Å². The SMILES string of the molecule is CCNC(=NCC(c1cccs1)N1CCOCC1)NCC1CN2CCN1CC2. The lowest BCUT2D eigenvalue weighted by atomic mass is 10.1. The maximum absolute atomic E-state index is 5.55. The molecule has 4 aliphatic rings. The van der Waals surface area contributed by atoms with Crippen LogP contribution in [-0.4, -0.2) is 105 Å². The van der Waals surface area contributed by atoms with Gasteiger partial charge in [-0.1, -0.05) is 6.07 Å². The molecule has 28 heavy (non-hydrogen) atoms. The van der Waals surface area contributed by atoms with E-state index in [1.165, 1.54) is 37.6 Å². The van der Waals surface area contributed by atoms with Crippen molar-refractivity contribution in [2.24, 2.45) is 4.99 Å². The molecule has 8 heteroatoms. The van der Waals surface area contributed by atoms with Gasteiger partial charge in [-0.2, -0.15) is 0 Å². The number of guanidine groups is 1. The van der Waals surface area contributed by atoms with Crippen molar-refractivity contribution < 1.29 is 4.74 Å². The lowest BCUT2D eigenvalue weighted by Crippen LogP contribution is -2.63. The van der Waals surface area contributed by atoms with Gasteiger partial charge >= 0.3 is 0 Å². The lowest BCUT2D eigenvalue weighted by molar-refractivity contribution is 0.0153. The molecule has 0 radical (unpaired) electrons. The van der Waals surface area contributed by atoms with E-state index in [1.54, 1.807) is 0 Å². The Morgan fingerprint density at radius 1 is 1.21 bits per heavy atom. The van der Waals surface area contributed by atoms with Crippen molar-refractivity contribution in [3.8, 4) is 0 Å². The van der Waals surface area contributed by atoms with Crippen LogP contribution in [0.3, 0.4) is 0 Å². The summed E-state index contributed by atoms with van der Waals surface area (Å²) < 4.78 is 5.55. The third-order valence-electron chi connectivity index (χ3n) is 6.02. The third-order valence-corrected chi connectivity index (χ3v) is 7.00. The number of piperazine rings is 3. The van der Waals surface area contributed by atoms with Gasteiger partial charge in [0.15, 0.2) is 5.96 Å². The van der Waals surface area contributed by atoms with E-state index in [4.69, 9.17) is 9.73 Å². The Bertz CT molecular complexity index is 610. The summed E-state index contributed by atoms with van der Waals surface area (Å²) in [5.41, 5.74) is 0. The van der Waals surface area contributed by atoms with Crippen LogP contribution in [-0.2, 0) is 4.74 Å². The first-order valence-corrected chi connectivity index (χ1v) is 11.5. The van der Waals surface area contributed by atoms with Crippen molar-refractivity contribution in [1.82, 2.24) is 25.3 Å². The van der Waals surface area contributed by atoms with E-state index in [2.05, 4.69) is 49.8 Å². The minimum atomic E-state index is 0.333. The molecule has 2 unspecified atom stereocenters. The van der Waals surface area contributed by atoms with Crippen LogP contribution in [0.2, 0.25) is 0 Å². The maximum atomic E-state index is 5.55. The number of nitrogens with one attached hydrogen (secondary N) is 2. The van der Waals surface area contributed by atoms with Gasteiger partial charge in [-0.15, -0.1) is 11.3 Å².